The average molecular weight is 345 g/mol. The van der Waals surface area contributed by atoms with Crippen molar-refractivity contribution in [1.82, 2.24) is 15.2 Å². The van der Waals surface area contributed by atoms with Gasteiger partial charge in [-0.05, 0) is 18.9 Å². The number of hydrogen-bond acceptors (Lipinski definition) is 4. The van der Waals surface area contributed by atoms with E-state index in [1.54, 1.807) is 11.3 Å². The van der Waals surface area contributed by atoms with Gasteiger partial charge in [0, 0.05) is 18.3 Å². The molecule has 0 radical (unpaired) electrons. The molecule has 0 bridgehead atoms. The van der Waals surface area contributed by atoms with Crippen molar-refractivity contribution in [1.29, 1.82) is 0 Å². The lowest BCUT2D eigenvalue weighted by molar-refractivity contribution is 0.0189. The van der Waals surface area contributed by atoms with Gasteiger partial charge in [-0.15, -0.1) is 11.3 Å². The summed E-state index contributed by atoms with van der Waals surface area (Å²) in [4.78, 5) is 18.7. The van der Waals surface area contributed by atoms with Crippen LogP contribution in [0.3, 0.4) is 0 Å². The predicted octanol–water partition coefficient (Wildman–Crippen LogP) is 2.86. The largest absolute Gasteiger partial charge is 0.377 e. The summed E-state index contributed by atoms with van der Waals surface area (Å²) < 4.78 is 5.36. The zero-order valence-corrected chi connectivity index (χ0v) is 14.7. The van der Waals surface area contributed by atoms with Crippen LogP contribution in [0.25, 0.3) is 0 Å². The number of ether oxygens (including phenoxy) is 1. The highest BCUT2D eigenvalue weighted by molar-refractivity contribution is 7.09. The van der Waals surface area contributed by atoms with Gasteiger partial charge in [0.2, 0.25) is 0 Å². The zero-order valence-electron chi connectivity index (χ0n) is 13.9. The van der Waals surface area contributed by atoms with Crippen LogP contribution in [0.15, 0.2) is 35.7 Å². The van der Waals surface area contributed by atoms with Crippen molar-refractivity contribution in [2.75, 3.05) is 19.8 Å². The number of hydrogen-bond donors (Lipinski definition) is 1. The maximum absolute atomic E-state index is 12.2. The summed E-state index contributed by atoms with van der Waals surface area (Å²) in [5.41, 5.74) is 2.25. The number of amides is 2. The number of benzene rings is 1. The number of urea groups is 1. The van der Waals surface area contributed by atoms with Crippen LogP contribution < -0.4 is 5.32 Å². The SMILES string of the molecule is C[C@@H]1COCCN1C(=O)NCc1csc(CCc2ccccc2)n1. The molecule has 1 atom stereocenters. The number of thiazole rings is 1. The molecule has 0 aliphatic carbocycles. The molecule has 2 amide bonds. The van der Waals surface area contributed by atoms with E-state index in [2.05, 4.69) is 34.6 Å². The van der Waals surface area contributed by atoms with Gasteiger partial charge in [-0.2, -0.15) is 0 Å². The number of morpholine rings is 1. The standard InChI is InChI=1S/C18H23N3O2S/c1-14-12-23-10-9-21(14)18(22)19-11-16-13-24-17(20-16)8-7-15-5-3-2-4-6-15/h2-6,13-14H,7-12H2,1H3,(H,19,22)/t14-/m1/s1. The summed E-state index contributed by atoms with van der Waals surface area (Å²) in [5, 5.41) is 6.11. The fraction of sp³-hybridized carbons (Fsp3) is 0.444. The molecule has 24 heavy (non-hydrogen) atoms. The Morgan fingerprint density at radius 1 is 1.38 bits per heavy atom. The highest BCUT2D eigenvalue weighted by Crippen LogP contribution is 2.13. The molecular weight excluding hydrogens is 322 g/mol. The lowest BCUT2D eigenvalue weighted by Gasteiger charge is -2.33. The molecular formula is C18H23N3O2S. The third-order valence-corrected chi connectivity index (χ3v) is 5.08. The predicted molar refractivity (Wildman–Crippen MR) is 95.2 cm³/mol. The van der Waals surface area contributed by atoms with E-state index < -0.39 is 0 Å². The van der Waals surface area contributed by atoms with Crippen molar-refractivity contribution in [2.24, 2.45) is 0 Å². The Kier molecular flexibility index (Phi) is 5.82. The second kappa shape index (κ2) is 8.26. The van der Waals surface area contributed by atoms with E-state index >= 15 is 0 Å². The number of carbonyl (C=O) groups is 1. The maximum Gasteiger partial charge on any atom is 0.318 e. The lowest BCUT2D eigenvalue weighted by Crippen LogP contribution is -2.51. The fourth-order valence-corrected chi connectivity index (χ4v) is 3.54. The first-order valence-electron chi connectivity index (χ1n) is 8.32. The summed E-state index contributed by atoms with van der Waals surface area (Å²) in [6.45, 7) is 4.34. The normalized spacial score (nSPS) is 17.7. The number of nitrogens with one attached hydrogen (secondary N) is 1. The molecule has 1 N–H and O–H groups in total. The van der Waals surface area contributed by atoms with E-state index in [0.717, 1.165) is 23.5 Å². The molecule has 2 aromatic rings. The highest BCUT2D eigenvalue weighted by Gasteiger charge is 2.23. The van der Waals surface area contributed by atoms with Gasteiger partial charge in [-0.3, -0.25) is 0 Å². The number of aromatic nitrogens is 1. The zero-order chi connectivity index (χ0) is 16.8. The van der Waals surface area contributed by atoms with Crippen molar-refractivity contribution in [3.63, 3.8) is 0 Å². The van der Waals surface area contributed by atoms with Crippen LogP contribution in [0.4, 0.5) is 4.79 Å². The minimum Gasteiger partial charge on any atom is -0.377 e. The van der Waals surface area contributed by atoms with E-state index in [0.29, 0.717) is 26.3 Å². The van der Waals surface area contributed by atoms with Crippen LogP contribution >= 0.6 is 11.3 Å². The maximum atomic E-state index is 12.2. The summed E-state index contributed by atoms with van der Waals surface area (Å²) >= 11 is 1.66. The monoisotopic (exact) mass is 345 g/mol. The first kappa shape index (κ1) is 16.9. The Labute approximate surface area is 146 Å². The molecule has 1 aromatic heterocycles. The van der Waals surface area contributed by atoms with Gasteiger partial charge >= 0.3 is 6.03 Å². The van der Waals surface area contributed by atoms with Gasteiger partial charge in [-0.1, -0.05) is 30.3 Å². The number of nitrogens with zero attached hydrogens (tertiary/aromatic N) is 2. The van der Waals surface area contributed by atoms with Crippen molar-refractivity contribution in [2.45, 2.75) is 32.4 Å². The Morgan fingerprint density at radius 2 is 2.21 bits per heavy atom. The minimum atomic E-state index is -0.0374. The third kappa shape index (κ3) is 4.55. The first-order chi connectivity index (χ1) is 11.7. The molecule has 1 aromatic carbocycles. The number of rotatable bonds is 5. The fourth-order valence-electron chi connectivity index (χ4n) is 2.74. The molecule has 1 aliphatic rings. The molecule has 6 heteroatoms. The molecule has 0 spiro atoms. The van der Waals surface area contributed by atoms with Crippen LogP contribution in [-0.4, -0.2) is 41.7 Å². The summed E-state index contributed by atoms with van der Waals surface area (Å²) in [5.74, 6) is 0. The Balaban J connectivity index is 1.46. The minimum absolute atomic E-state index is 0.0374. The molecule has 3 rings (SSSR count). The first-order valence-corrected chi connectivity index (χ1v) is 9.20. The molecule has 128 valence electrons. The van der Waals surface area contributed by atoms with E-state index in [-0.39, 0.29) is 12.1 Å². The second-order valence-electron chi connectivity index (χ2n) is 5.99. The van der Waals surface area contributed by atoms with E-state index in [1.165, 1.54) is 5.56 Å². The van der Waals surface area contributed by atoms with Gasteiger partial charge in [0.15, 0.2) is 0 Å². The van der Waals surface area contributed by atoms with Crippen molar-refractivity contribution < 1.29 is 9.53 Å². The number of carbonyl (C=O) groups excluding carboxylic acids is 1. The molecule has 1 fully saturated rings. The summed E-state index contributed by atoms with van der Waals surface area (Å²) in [6, 6.07) is 10.5. The van der Waals surface area contributed by atoms with Gasteiger partial charge in [0.1, 0.15) is 0 Å². The van der Waals surface area contributed by atoms with Crippen molar-refractivity contribution in [3.8, 4) is 0 Å². The molecule has 5 nitrogen and oxygen atoms in total. The van der Waals surface area contributed by atoms with Crippen molar-refractivity contribution >= 4 is 17.4 Å². The van der Waals surface area contributed by atoms with Gasteiger partial charge in [0.05, 0.1) is 36.5 Å². The van der Waals surface area contributed by atoms with Crippen LogP contribution in [0, 0.1) is 0 Å². The van der Waals surface area contributed by atoms with Crippen LogP contribution in [-0.2, 0) is 24.1 Å². The Bertz CT molecular complexity index is 659. The molecule has 1 saturated heterocycles. The molecule has 0 saturated carbocycles. The van der Waals surface area contributed by atoms with E-state index in [1.807, 2.05) is 23.3 Å². The highest BCUT2D eigenvalue weighted by atomic mass is 32.1. The topological polar surface area (TPSA) is 54.5 Å². The van der Waals surface area contributed by atoms with Crippen LogP contribution in [0.2, 0.25) is 0 Å². The van der Waals surface area contributed by atoms with E-state index in [4.69, 9.17) is 4.74 Å². The Morgan fingerprint density at radius 3 is 3.00 bits per heavy atom. The Hall–Kier alpha value is -1.92. The summed E-state index contributed by atoms with van der Waals surface area (Å²) in [7, 11) is 0. The van der Waals surface area contributed by atoms with Crippen LogP contribution in [0.1, 0.15) is 23.2 Å². The van der Waals surface area contributed by atoms with Crippen molar-refractivity contribution in [3.05, 3.63) is 52.0 Å². The molecule has 2 heterocycles. The molecule has 1 aliphatic heterocycles. The van der Waals surface area contributed by atoms with E-state index in [9.17, 15) is 4.79 Å². The lowest BCUT2D eigenvalue weighted by atomic mass is 10.1. The van der Waals surface area contributed by atoms with Crippen LogP contribution in [0.5, 0.6) is 0 Å². The molecule has 0 unspecified atom stereocenters. The van der Waals surface area contributed by atoms with Gasteiger partial charge in [-0.25, -0.2) is 9.78 Å². The third-order valence-electron chi connectivity index (χ3n) is 4.12. The van der Waals surface area contributed by atoms with Gasteiger partial charge in [0.25, 0.3) is 0 Å². The second-order valence-corrected chi connectivity index (χ2v) is 6.94. The quantitative estimate of drug-likeness (QED) is 0.906. The summed E-state index contributed by atoms with van der Waals surface area (Å²) in [6.07, 6.45) is 1.93. The smallest absolute Gasteiger partial charge is 0.318 e. The number of aryl methyl sites for hydroxylation is 2. The van der Waals surface area contributed by atoms with Gasteiger partial charge < -0.3 is 15.0 Å². The average Bonchev–Trinajstić information content (AvgIpc) is 3.07.